The first-order chi connectivity index (χ1) is 8.93. The molecule has 2 rings (SSSR count). The summed E-state index contributed by atoms with van der Waals surface area (Å²) >= 11 is 7.16. The molecule has 2 aromatic rings. The number of aryl methyl sites for hydroxylation is 2. The molecule has 0 fully saturated rings. The van der Waals surface area contributed by atoms with Crippen LogP contribution in [0.1, 0.15) is 36.7 Å². The Bertz CT molecular complexity index is 673. The second-order valence-corrected chi connectivity index (χ2v) is 5.50. The largest absolute Gasteiger partial charge is 0.478 e. The number of rotatable bonds is 3. The quantitative estimate of drug-likeness (QED) is 0.872. The minimum atomic E-state index is -1.10. The summed E-state index contributed by atoms with van der Waals surface area (Å²) in [6.07, 6.45) is 0. The topological polar surface area (TPSA) is 54.4 Å². The minimum Gasteiger partial charge on any atom is -0.478 e. The van der Waals surface area contributed by atoms with Gasteiger partial charge in [0.15, 0.2) is 0 Å². The molecule has 0 amide bonds. The zero-order chi connectivity index (χ0) is 14.2. The summed E-state index contributed by atoms with van der Waals surface area (Å²) in [6.45, 7) is 3.40. The van der Waals surface area contributed by atoms with Crippen LogP contribution in [0.3, 0.4) is 0 Å². The zero-order valence-corrected chi connectivity index (χ0v) is 11.9. The number of halogens is 1. The van der Waals surface area contributed by atoms with Crippen molar-refractivity contribution < 1.29 is 14.7 Å². The third kappa shape index (κ3) is 2.41. The van der Waals surface area contributed by atoms with E-state index in [1.54, 1.807) is 37.4 Å². The molecule has 0 aliphatic heterocycles. The molecule has 98 valence electrons. The van der Waals surface area contributed by atoms with Gasteiger partial charge in [0.1, 0.15) is 0 Å². The lowest BCUT2D eigenvalue weighted by Gasteiger charge is -2.11. The number of carboxylic acids is 1. The molecule has 0 saturated carbocycles. The first-order valence-corrected chi connectivity index (χ1v) is 6.80. The number of benzene rings is 1. The maximum Gasteiger partial charge on any atom is 0.336 e. The molecule has 1 heterocycles. The first kappa shape index (κ1) is 13.8. The number of hydrogen-bond acceptors (Lipinski definition) is 3. The summed E-state index contributed by atoms with van der Waals surface area (Å²) in [5.41, 5.74) is 1.47. The Balaban J connectivity index is 2.69. The number of hydrogen-bond donors (Lipinski definition) is 1. The van der Waals surface area contributed by atoms with E-state index in [0.29, 0.717) is 21.0 Å². The van der Waals surface area contributed by atoms with E-state index in [0.717, 1.165) is 0 Å². The van der Waals surface area contributed by atoms with Crippen LogP contribution in [0.5, 0.6) is 0 Å². The van der Waals surface area contributed by atoms with Gasteiger partial charge in [0.25, 0.3) is 0 Å². The number of carbonyl (C=O) groups is 2. The van der Waals surface area contributed by atoms with Crippen LogP contribution in [0.2, 0.25) is 5.02 Å². The van der Waals surface area contributed by atoms with E-state index in [-0.39, 0.29) is 16.9 Å². The van der Waals surface area contributed by atoms with E-state index < -0.39 is 5.97 Å². The normalized spacial score (nSPS) is 10.5. The maximum atomic E-state index is 12.5. The predicted molar refractivity (Wildman–Crippen MR) is 75.6 cm³/mol. The Kier molecular flexibility index (Phi) is 3.73. The molecule has 1 aromatic carbocycles. The van der Waals surface area contributed by atoms with Gasteiger partial charge in [-0.1, -0.05) is 23.7 Å². The number of ketones is 1. The van der Waals surface area contributed by atoms with Gasteiger partial charge in [0, 0.05) is 5.56 Å². The van der Waals surface area contributed by atoms with Gasteiger partial charge in [-0.3, -0.25) is 4.79 Å². The van der Waals surface area contributed by atoms with Crippen molar-refractivity contribution in [3.8, 4) is 0 Å². The van der Waals surface area contributed by atoms with Crippen molar-refractivity contribution in [3.63, 3.8) is 0 Å². The molecule has 0 unspecified atom stereocenters. The lowest BCUT2D eigenvalue weighted by atomic mass is 9.93. The maximum absolute atomic E-state index is 12.5. The summed E-state index contributed by atoms with van der Waals surface area (Å²) in [5, 5.41) is 11.4. The van der Waals surface area contributed by atoms with E-state index in [1.807, 2.05) is 0 Å². The molecular weight excluding hydrogens is 284 g/mol. The standard InChI is InChI=1S/C14H11ClO3S/c1-7-3-4-8(2)11(14(17)18)10(7)12(16)13-9(15)5-6-19-13/h3-6H,1-2H3,(H,17,18). The first-order valence-electron chi connectivity index (χ1n) is 5.54. The average molecular weight is 295 g/mol. The highest BCUT2D eigenvalue weighted by Crippen LogP contribution is 2.29. The second kappa shape index (κ2) is 5.15. The van der Waals surface area contributed by atoms with Crippen molar-refractivity contribution in [3.05, 3.63) is 55.7 Å². The molecule has 0 bridgehead atoms. The van der Waals surface area contributed by atoms with Crippen LogP contribution < -0.4 is 0 Å². The van der Waals surface area contributed by atoms with Crippen molar-refractivity contribution in [1.29, 1.82) is 0 Å². The van der Waals surface area contributed by atoms with Crippen LogP contribution in [0.4, 0.5) is 0 Å². The van der Waals surface area contributed by atoms with E-state index in [4.69, 9.17) is 11.6 Å². The molecule has 0 atom stereocenters. The third-order valence-corrected chi connectivity index (χ3v) is 4.23. The summed E-state index contributed by atoms with van der Waals surface area (Å²) < 4.78 is 0. The van der Waals surface area contributed by atoms with Gasteiger partial charge in [-0.05, 0) is 36.4 Å². The van der Waals surface area contributed by atoms with Crippen molar-refractivity contribution >= 4 is 34.7 Å². The third-order valence-electron chi connectivity index (χ3n) is 2.89. The molecular formula is C14H11ClO3S. The summed E-state index contributed by atoms with van der Waals surface area (Å²) in [5.74, 6) is -1.43. The minimum absolute atomic E-state index is 0.0504. The lowest BCUT2D eigenvalue weighted by Crippen LogP contribution is -2.13. The lowest BCUT2D eigenvalue weighted by molar-refractivity contribution is 0.0692. The number of aromatic carboxylic acids is 1. The van der Waals surface area contributed by atoms with Gasteiger partial charge in [-0.2, -0.15) is 0 Å². The summed E-state index contributed by atoms with van der Waals surface area (Å²) in [4.78, 5) is 24.2. The fourth-order valence-electron chi connectivity index (χ4n) is 1.95. The molecule has 0 aliphatic rings. The Morgan fingerprint density at radius 2 is 1.68 bits per heavy atom. The number of carbonyl (C=O) groups excluding carboxylic acids is 1. The molecule has 0 aliphatic carbocycles. The van der Waals surface area contributed by atoms with Crippen LogP contribution in [0.15, 0.2) is 23.6 Å². The smallest absolute Gasteiger partial charge is 0.336 e. The molecule has 0 saturated heterocycles. The number of carboxylic acid groups (broad SMARTS) is 1. The second-order valence-electron chi connectivity index (χ2n) is 4.18. The van der Waals surface area contributed by atoms with Gasteiger partial charge >= 0.3 is 5.97 Å². The van der Waals surface area contributed by atoms with Crippen LogP contribution in [0, 0.1) is 13.8 Å². The Morgan fingerprint density at radius 3 is 2.16 bits per heavy atom. The van der Waals surface area contributed by atoms with Gasteiger partial charge in [-0.25, -0.2) is 4.79 Å². The highest BCUT2D eigenvalue weighted by atomic mass is 35.5. The monoisotopic (exact) mass is 294 g/mol. The van der Waals surface area contributed by atoms with E-state index in [2.05, 4.69) is 0 Å². The van der Waals surface area contributed by atoms with Gasteiger partial charge in [-0.15, -0.1) is 11.3 Å². The van der Waals surface area contributed by atoms with E-state index in [1.165, 1.54) is 11.3 Å². The fraction of sp³-hybridized carbons (Fsp3) is 0.143. The molecule has 0 radical (unpaired) electrons. The van der Waals surface area contributed by atoms with Gasteiger partial charge < -0.3 is 5.11 Å². The number of thiophene rings is 1. The highest BCUT2D eigenvalue weighted by Gasteiger charge is 2.24. The Hall–Kier alpha value is -1.65. The molecule has 3 nitrogen and oxygen atoms in total. The Labute approximate surface area is 119 Å². The summed E-state index contributed by atoms with van der Waals surface area (Å²) in [6, 6.07) is 5.08. The van der Waals surface area contributed by atoms with Crippen LogP contribution in [0.25, 0.3) is 0 Å². The van der Waals surface area contributed by atoms with Crippen molar-refractivity contribution in [2.24, 2.45) is 0 Å². The SMILES string of the molecule is Cc1ccc(C)c(C(=O)c2sccc2Cl)c1C(=O)O. The summed E-state index contributed by atoms with van der Waals surface area (Å²) in [7, 11) is 0. The molecule has 5 heteroatoms. The fourth-order valence-corrected chi connectivity index (χ4v) is 3.04. The van der Waals surface area contributed by atoms with Crippen molar-refractivity contribution in [2.45, 2.75) is 13.8 Å². The Morgan fingerprint density at radius 1 is 1.11 bits per heavy atom. The van der Waals surface area contributed by atoms with Crippen molar-refractivity contribution in [1.82, 2.24) is 0 Å². The van der Waals surface area contributed by atoms with E-state index >= 15 is 0 Å². The van der Waals surface area contributed by atoms with Crippen LogP contribution >= 0.6 is 22.9 Å². The zero-order valence-electron chi connectivity index (χ0n) is 10.4. The van der Waals surface area contributed by atoms with Crippen LogP contribution in [-0.4, -0.2) is 16.9 Å². The van der Waals surface area contributed by atoms with E-state index in [9.17, 15) is 14.7 Å². The van der Waals surface area contributed by atoms with Crippen LogP contribution in [-0.2, 0) is 0 Å². The van der Waals surface area contributed by atoms with Crippen molar-refractivity contribution in [2.75, 3.05) is 0 Å². The molecule has 1 N–H and O–H groups in total. The molecule has 0 spiro atoms. The average Bonchev–Trinajstić information content (AvgIpc) is 2.76. The molecule has 19 heavy (non-hydrogen) atoms. The van der Waals surface area contributed by atoms with Gasteiger partial charge in [0.2, 0.25) is 5.78 Å². The van der Waals surface area contributed by atoms with Gasteiger partial charge in [0.05, 0.1) is 15.5 Å². The molecule has 1 aromatic heterocycles. The highest BCUT2D eigenvalue weighted by molar-refractivity contribution is 7.13. The predicted octanol–water partition coefficient (Wildman–Crippen LogP) is 3.95.